The molecule has 0 spiro atoms. The van der Waals surface area contributed by atoms with Gasteiger partial charge in [0.05, 0.1) is 22.2 Å². The van der Waals surface area contributed by atoms with E-state index in [1.165, 1.54) is 11.3 Å². The van der Waals surface area contributed by atoms with Crippen LogP contribution < -0.4 is 11.1 Å². The van der Waals surface area contributed by atoms with E-state index in [4.69, 9.17) is 10.8 Å². The van der Waals surface area contributed by atoms with Crippen molar-refractivity contribution in [3.63, 3.8) is 0 Å². The van der Waals surface area contributed by atoms with Gasteiger partial charge in [-0.05, 0) is 28.6 Å². The van der Waals surface area contributed by atoms with Crippen LogP contribution in [0, 0.1) is 0 Å². The number of amides is 1. The molecule has 23 heavy (non-hydrogen) atoms. The SMILES string of the molecule is NCC(C(=O)Nc1cc2ccncc2s1)c1ccc(CO)cc1. The number of thiophene rings is 1. The molecule has 6 heteroatoms. The average Bonchev–Trinajstić information content (AvgIpc) is 2.98. The lowest BCUT2D eigenvalue weighted by Crippen LogP contribution is -2.27. The first-order valence-electron chi connectivity index (χ1n) is 7.25. The van der Waals surface area contributed by atoms with Gasteiger partial charge >= 0.3 is 0 Å². The molecule has 2 heterocycles. The van der Waals surface area contributed by atoms with Gasteiger partial charge in [0.25, 0.3) is 0 Å². The first-order chi connectivity index (χ1) is 11.2. The fraction of sp³-hybridized carbons (Fsp3) is 0.176. The first-order valence-corrected chi connectivity index (χ1v) is 8.07. The predicted molar refractivity (Wildman–Crippen MR) is 92.4 cm³/mol. The van der Waals surface area contributed by atoms with Gasteiger partial charge in [-0.25, -0.2) is 0 Å². The number of nitrogens with two attached hydrogens (primary N) is 1. The third kappa shape index (κ3) is 3.39. The number of hydrogen-bond acceptors (Lipinski definition) is 5. The second kappa shape index (κ2) is 6.87. The Morgan fingerprint density at radius 2 is 2.09 bits per heavy atom. The van der Waals surface area contributed by atoms with Crippen molar-refractivity contribution in [1.29, 1.82) is 0 Å². The molecular weight excluding hydrogens is 310 g/mol. The van der Waals surface area contributed by atoms with Crippen LogP contribution in [-0.2, 0) is 11.4 Å². The number of benzene rings is 1. The minimum absolute atomic E-state index is 0.0183. The first kappa shape index (κ1) is 15.6. The highest BCUT2D eigenvalue weighted by atomic mass is 32.1. The molecule has 3 rings (SSSR count). The molecule has 3 aromatic rings. The number of aromatic nitrogens is 1. The smallest absolute Gasteiger partial charge is 0.233 e. The monoisotopic (exact) mass is 327 g/mol. The molecule has 0 bridgehead atoms. The summed E-state index contributed by atoms with van der Waals surface area (Å²) in [7, 11) is 0. The largest absolute Gasteiger partial charge is 0.392 e. The molecule has 0 radical (unpaired) electrons. The molecule has 1 atom stereocenters. The number of anilines is 1. The van der Waals surface area contributed by atoms with Crippen molar-refractivity contribution < 1.29 is 9.90 Å². The van der Waals surface area contributed by atoms with E-state index in [2.05, 4.69) is 10.3 Å². The average molecular weight is 327 g/mol. The number of nitrogens with one attached hydrogen (secondary N) is 1. The second-order valence-electron chi connectivity index (χ2n) is 5.20. The summed E-state index contributed by atoms with van der Waals surface area (Å²) in [6, 6.07) is 11.1. The van der Waals surface area contributed by atoms with Gasteiger partial charge in [0.1, 0.15) is 0 Å². The van der Waals surface area contributed by atoms with Crippen molar-refractivity contribution >= 4 is 32.3 Å². The van der Waals surface area contributed by atoms with E-state index in [-0.39, 0.29) is 19.1 Å². The molecule has 0 aliphatic heterocycles. The molecule has 118 valence electrons. The summed E-state index contributed by atoms with van der Waals surface area (Å²) in [5.74, 6) is -0.560. The maximum atomic E-state index is 12.5. The Hall–Kier alpha value is -2.28. The van der Waals surface area contributed by atoms with E-state index in [0.717, 1.165) is 26.2 Å². The van der Waals surface area contributed by atoms with E-state index in [9.17, 15) is 4.79 Å². The Kier molecular flexibility index (Phi) is 4.66. The molecular formula is C17H17N3O2S. The van der Waals surface area contributed by atoms with Crippen molar-refractivity contribution in [2.45, 2.75) is 12.5 Å². The molecule has 0 fully saturated rings. The van der Waals surface area contributed by atoms with Crippen LogP contribution in [-0.4, -0.2) is 22.5 Å². The quantitative estimate of drug-likeness (QED) is 0.672. The number of fused-ring (bicyclic) bond motifs is 1. The molecule has 0 saturated carbocycles. The molecule has 0 saturated heterocycles. The zero-order valence-corrected chi connectivity index (χ0v) is 13.2. The number of aliphatic hydroxyl groups is 1. The Morgan fingerprint density at radius 3 is 2.74 bits per heavy atom. The fourth-order valence-corrected chi connectivity index (χ4v) is 3.34. The van der Waals surface area contributed by atoms with Crippen LogP contribution in [0.1, 0.15) is 17.0 Å². The number of carbonyl (C=O) groups excluding carboxylic acids is 1. The number of carbonyl (C=O) groups is 1. The van der Waals surface area contributed by atoms with Gasteiger partial charge in [-0.15, -0.1) is 11.3 Å². The third-order valence-corrected chi connectivity index (χ3v) is 4.69. The number of aliphatic hydroxyl groups excluding tert-OH is 1. The molecule has 5 nitrogen and oxygen atoms in total. The molecule has 1 aromatic carbocycles. The van der Waals surface area contributed by atoms with Crippen LogP contribution in [0.15, 0.2) is 48.8 Å². The third-order valence-electron chi connectivity index (χ3n) is 3.69. The van der Waals surface area contributed by atoms with Gasteiger partial charge < -0.3 is 16.2 Å². The molecule has 0 aliphatic carbocycles. The van der Waals surface area contributed by atoms with Crippen molar-refractivity contribution in [3.05, 3.63) is 59.9 Å². The van der Waals surface area contributed by atoms with E-state index < -0.39 is 5.92 Å². The topological polar surface area (TPSA) is 88.2 Å². The van der Waals surface area contributed by atoms with Gasteiger partial charge in [-0.3, -0.25) is 9.78 Å². The van der Waals surface area contributed by atoms with E-state index in [0.29, 0.717) is 0 Å². The van der Waals surface area contributed by atoms with Crippen LogP contribution in [0.25, 0.3) is 10.1 Å². The zero-order chi connectivity index (χ0) is 16.2. The lowest BCUT2D eigenvalue weighted by molar-refractivity contribution is -0.117. The maximum absolute atomic E-state index is 12.5. The van der Waals surface area contributed by atoms with Gasteiger partial charge in [0.2, 0.25) is 5.91 Å². The number of pyridine rings is 1. The minimum atomic E-state index is -0.425. The van der Waals surface area contributed by atoms with Crippen molar-refractivity contribution in [3.8, 4) is 0 Å². The van der Waals surface area contributed by atoms with Gasteiger partial charge in [0.15, 0.2) is 0 Å². The van der Waals surface area contributed by atoms with Crippen LogP contribution >= 0.6 is 11.3 Å². The summed E-state index contributed by atoms with van der Waals surface area (Å²) in [6.07, 6.45) is 3.51. The zero-order valence-electron chi connectivity index (χ0n) is 12.4. The standard InChI is InChI=1S/C17H17N3O2S/c18-8-14(12-3-1-11(10-21)2-4-12)17(22)20-16-7-13-5-6-19-9-15(13)23-16/h1-7,9,14,21H,8,10,18H2,(H,20,22). The lowest BCUT2D eigenvalue weighted by Gasteiger charge is -2.15. The normalized spacial score (nSPS) is 12.3. The van der Waals surface area contributed by atoms with Crippen LogP contribution in [0.2, 0.25) is 0 Å². The van der Waals surface area contributed by atoms with Gasteiger partial charge in [0, 0.05) is 18.9 Å². The molecule has 4 N–H and O–H groups in total. The summed E-state index contributed by atoms with van der Waals surface area (Å²) in [5.41, 5.74) is 7.43. The Balaban J connectivity index is 1.78. The summed E-state index contributed by atoms with van der Waals surface area (Å²) < 4.78 is 1.03. The molecule has 2 aromatic heterocycles. The van der Waals surface area contributed by atoms with Gasteiger partial charge in [-0.2, -0.15) is 0 Å². The van der Waals surface area contributed by atoms with Gasteiger partial charge in [-0.1, -0.05) is 24.3 Å². The van der Waals surface area contributed by atoms with Crippen molar-refractivity contribution in [2.75, 3.05) is 11.9 Å². The fourth-order valence-electron chi connectivity index (χ4n) is 2.40. The summed E-state index contributed by atoms with van der Waals surface area (Å²) in [4.78, 5) is 16.6. The van der Waals surface area contributed by atoms with Crippen LogP contribution in [0.3, 0.4) is 0 Å². The molecule has 1 amide bonds. The number of rotatable bonds is 5. The summed E-state index contributed by atoms with van der Waals surface area (Å²) >= 11 is 1.49. The van der Waals surface area contributed by atoms with Crippen molar-refractivity contribution in [2.24, 2.45) is 5.73 Å². The minimum Gasteiger partial charge on any atom is -0.392 e. The highest BCUT2D eigenvalue weighted by Crippen LogP contribution is 2.29. The highest BCUT2D eigenvalue weighted by molar-refractivity contribution is 7.22. The molecule has 0 aliphatic rings. The number of nitrogens with zero attached hydrogens (tertiary/aromatic N) is 1. The van der Waals surface area contributed by atoms with Crippen molar-refractivity contribution in [1.82, 2.24) is 4.98 Å². The maximum Gasteiger partial charge on any atom is 0.233 e. The second-order valence-corrected chi connectivity index (χ2v) is 6.29. The molecule has 1 unspecified atom stereocenters. The highest BCUT2D eigenvalue weighted by Gasteiger charge is 2.19. The Morgan fingerprint density at radius 1 is 1.30 bits per heavy atom. The van der Waals surface area contributed by atoms with Crippen LogP contribution in [0.4, 0.5) is 5.00 Å². The van der Waals surface area contributed by atoms with E-state index >= 15 is 0 Å². The summed E-state index contributed by atoms with van der Waals surface area (Å²) in [6.45, 7) is 0.201. The summed E-state index contributed by atoms with van der Waals surface area (Å²) in [5, 5.41) is 13.9. The lowest BCUT2D eigenvalue weighted by atomic mass is 9.97. The van der Waals surface area contributed by atoms with E-state index in [1.54, 1.807) is 24.5 Å². The van der Waals surface area contributed by atoms with E-state index in [1.807, 2.05) is 24.3 Å². The Labute approximate surface area is 137 Å². The van der Waals surface area contributed by atoms with Crippen LogP contribution in [0.5, 0.6) is 0 Å². The number of hydrogen-bond donors (Lipinski definition) is 3. The Bertz CT molecular complexity index is 781. The predicted octanol–water partition coefficient (Wildman–Crippen LogP) is 2.47.